The average Bonchev–Trinajstić information content (AvgIpc) is 2.75. The van der Waals surface area contributed by atoms with Gasteiger partial charge in [0.05, 0.1) is 20.9 Å². The predicted molar refractivity (Wildman–Crippen MR) is 124 cm³/mol. The number of benzene rings is 2. The van der Waals surface area contributed by atoms with E-state index in [2.05, 4.69) is 22.2 Å². The molecular formula is C23H20Cl2N4O3. The zero-order valence-electron chi connectivity index (χ0n) is 17.2. The van der Waals surface area contributed by atoms with Crippen LogP contribution in [0.2, 0.25) is 10.0 Å². The summed E-state index contributed by atoms with van der Waals surface area (Å²) in [7, 11) is 0. The van der Waals surface area contributed by atoms with Crippen LogP contribution in [-0.2, 0) is 11.3 Å². The Morgan fingerprint density at radius 2 is 2.00 bits per heavy atom. The maximum atomic E-state index is 13.3. The van der Waals surface area contributed by atoms with E-state index in [9.17, 15) is 14.4 Å². The van der Waals surface area contributed by atoms with Crippen LogP contribution in [-0.4, -0.2) is 21.4 Å². The Bertz CT molecular complexity index is 1330. The fourth-order valence-corrected chi connectivity index (χ4v) is 4.06. The Labute approximate surface area is 194 Å². The largest absolute Gasteiger partial charge is 0.348 e. The second kappa shape index (κ2) is 8.76. The van der Waals surface area contributed by atoms with Crippen LogP contribution < -0.4 is 16.2 Å². The summed E-state index contributed by atoms with van der Waals surface area (Å²) in [6.07, 6.45) is 1.08. The van der Waals surface area contributed by atoms with Crippen LogP contribution in [0.4, 0.5) is 0 Å². The number of hydrogen-bond acceptors (Lipinski definition) is 4. The molecule has 1 aromatic heterocycles. The molecule has 7 nitrogen and oxygen atoms in total. The van der Waals surface area contributed by atoms with Gasteiger partial charge in [0.1, 0.15) is 11.9 Å². The molecule has 2 heterocycles. The lowest BCUT2D eigenvalue weighted by Gasteiger charge is -2.26. The van der Waals surface area contributed by atoms with Gasteiger partial charge in [0, 0.05) is 17.8 Å². The normalized spacial score (nSPS) is 16.2. The SMILES string of the molecule is C=C1CCC(n2c(C)nc3ccc(CNC(=O)c4ccc(Cl)c(Cl)c4)cc3c2=O)C(=O)N1. The van der Waals surface area contributed by atoms with Crippen molar-refractivity contribution in [3.05, 3.63) is 86.0 Å². The van der Waals surface area contributed by atoms with E-state index in [4.69, 9.17) is 23.2 Å². The topological polar surface area (TPSA) is 93.1 Å². The Hall–Kier alpha value is -3.16. The smallest absolute Gasteiger partial charge is 0.262 e. The predicted octanol–water partition coefficient (Wildman–Crippen LogP) is 3.91. The lowest BCUT2D eigenvalue weighted by Crippen LogP contribution is -2.41. The summed E-state index contributed by atoms with van der Waals surface area (Å²) in [5.74, 6) is -0.115. The van der Waals surface area contributed by atoms with Gasteiger partial charge in [-0.2, -0.15) is 0 Å². The highest BCUT2D eigenvalue weighted by Crippen LogP contribution is 2.24. The first kappa shape index (κ1) is 22.0. The number of rotatable bonds is 4. The molecule has 1 atom stereocenters. The number of halogens is 2. The maximum absolute atomic E-state index is 13.3. The van der Waals surface area contributed by atoms with E-state index in [0.29, 0.717) is 50.9 Å². The van der Waals surface area contributed by atoms with Crippen molar-refractivity contribution in [3.63, 3.8) is 0 Å². The van der Waals surface area contributed by atoms with Crippen molar-refractivity contribution in [2.75, 3.05) is 0 Å². The summed E-state index contributed by atoms with van der Waals surface area (Å²) < 4.78 is 1.43. The van der Waals surface area contributed by atoms with E-state index < -0.39 is 6.04 Å². The fraction of sp³-hybridized carbons (Fsp3) is 0.217. The molecule has 2 aromatic carbocycles. The van der Waals surface area contributed by atoms with Crippen LogP contribution in [0.25, 0.3) is 10.9 Å². The lowest BCUT2D eigenvalue weighted by molar-refractivity contribution is -0.124. The summed E-state index contributed by atoms with van der Waals surface area (Å²) in [6, 6.07) is 9.22. The minimum Gasteiger partial charge on any atom is -0.348 e. The Morgan fingerprint density at radius 1 is 1.22 bits per heavy atom. The first-order chi connectivity index (χ1) is 15.2. The number of carbonyl (C=O) groups excluding carboxylic acids is 2. The molecule has 4 rings (SSSR count). The van der Waals surface area contributed by atoms with Gasteiger partial charge in [-0.05, 0) is 55.7 Å². The number of piperidine rings is 1. The fourth-order valence-electron chi connectivity index (χ4n) is 3.76. The minimum absolute atomic E-state index is 0.200. The van der Waals surface area contributed by atoms with Crippen molar-refractivity contribution in [1.82, 2.24) is 20.2 Å². The third-order valence-corrected chi connectivity index (χ3v) is 6.15. The van der Waals surface area contributed by atoms with Crippen molar-refractivity contribution in [3.8, 4) is 0 Å². The second-order valence-corrected chi connectivity index (χ2v) is 8.46. The van der Waals surface area contributed by atoms with Crippen LogP contribution >= 0.6 is 23.2 Å². The standard InChI is InChI=1S/C23H20Cl2N4O3/c1-12-3-8-20(22(31)27-12)29-13(2)28-19-7-4-14(9-16(19)23(29)32)11-26-21(30)15-5-6-17(24)18(25)10-15/h4-7,9-10,20H,1,3,8,11H2,2H3,(H,26,30)(H,27,31). The van der Waals surface area contributed by atoms with Gasteiger partial charge in [-0.15, -0.1) is 0 Å². The third kappa shape index (κ3) is 4.26. The number of nitrogens with one attached hydrogen (secondary N) is 2. The van der Waals surface area contributed by atoms with Crippen molar-refractivity contribution >= 4 is 45.9 Å². The molecule has 1 aliphatic heterocycles. The first-order valence-electron chi connectivity index (χ1n) is 9.98. The molecule has 1 unspecified atom stereocenters. The molecule has 3 aromatic rings. The average molecular weight is 471 g/mol. The summed E-state index contributed by atoms with van der Waals surface area (Å²) in [5, 5.41) is 6.56. The van der Waals surface area contributed by atoms with Crippen molar-refractivity contribution in [2.45, 2.75) is 32.4 Å². The molecule has 0 spiro atoms. The van der Waals surface area contributed by atoms with E-state index in [1.165, 1.54) is 10.6 Å². The zero-order chi connectivity index (χ0) is 23.0. The summed E-state index contributed by atoms with van der Waals surface area (Å²) in [4.78, 5) is 42.7. The van der Waals surface area contributed by atoms with Crippen LogP contribution in [0.5, 0.6) is 0 Å². The summed E-state index contributed by atoms with van der Waals surface area (Å²) in [6.45, 7) is 5.69. The number of fused-ring (bicyclic) bond motifs is 1. The van der Waals surface area contributed by atoms with Crippen LogP contribution in [0.15, 0.2) is 53.5 Å². The monoisotopic (exact) mass is 470 g/mol. The van der Waals surface area contributed by atoms with E-state index in [-0.39, 0.29) is 23.9 Å². The molecule has 2 N–H and O–H groups in total. The van der Waals surface area contributed by atoms with Crippen molar-refractivity contribution < 1.29 is 9.59 Å². The van der Waals surface area contributed by atoms with Gasteiger partial charge in [0.15, 0.2) is 0 Å². The molecule has 32 heavy (non-hydrogen) atoms. The molecule has 0 aliphatic carbocycles. The summed E-state index contributed by atoms with van der Waals surface area (Å²) >= 11 is 11.9. The molecule has 2 amide bonds. The van der Waals surface area contributed by atoms with Gasteiger partial charge >= 0.3 is 0 Å². The maximum Gasteiger partial charge on any atom is 0.262 e. The molecule has 0 radical (unpaired) electrons. The molecule has 9 heteroatoms. The van der Waals surface area contributed by atoms with Gasteiger partial charge in [-0.25, -0.2) is 4.98 Å². The molecule has 1 aliphatic rings. The van der Waals surface area contributed by atoms with Crippen molar-refractivity contribution in [1.29, 1.82) is 0 Å². The van der Waals surface area contributed by atoms with Gasteiger partial charge in [-0.1, -0.05) is 35.8 Å². The molecule has 0 saturated carbocycles. The number of carbonyl (C=O) groups is 2. The molecule has 0 bridgehead atoms. The van der Waals surface area contributed by atoms with Gasteiger partial charge in [0.2, 0.25) is 5.91 Å². The third-order valence-electron chi connectivity index (χ3n) is 5.41. The zero-order valence-corrected chi connectivity index (χ0v) is 18.8. The van der Waals surface area contributed by atoms with E-state index >= 15 is 0 Å². The highest BCUT2D eigenvalue weighted by atomic mass is 35.5. The van der Waals surface area contributed by atoms with E-state index in [0.717, 1.165) is 5.56 Å². The second-order valence-electron chi connectivity index (χ2n) is 7.64. The van der Waals surface area contributed by atoms with Crippen LogP contribution in [0, 0.1) is 6.92 Å². The van der Waals surface area contributed by atoms with Crippen LogP contribution in [0.3, 0.4) is 0 Å². The highest BCUT2D eigenvalue weighted by Gasteiger charge is 2.28. The lowest BCUT2D eigenvalue weighted by atomic mass is 10.0. The van der Waals surface area contributed by atoms with E-state index in [1.54, 1.807) is 37.3 Å². The minimum atomic E-state index is -0.636. The Morgan fingerprint density at radius 3 is 2.72 bits per heavy atom. The van der Waals surface area contributed by atoms with Gasteiger partial charge < -0.3 is 10.6 Å². The number of hydrogen-bond donors (Lipinski definition) is 2. The van der Waals surface area contributed by atoms with E-state index in [1.807, 2.05) is 0 Å². The molecular weight excluding hydrogens is 451 g/mol. The first-order valence-corrected chi connectivity index (χ1v) is 10.7. The molecule has 1 saturated heterocycles. The van der Waals surface area contributed by atoms with Gasteiger partial charge in [0.25, 0.3) is 11.5 Å². The number of amides is 2. The summed E-state index contributed by atoms with van der Waals surface area (Å²) in [5.41, 5.74) is 1.99. The van der Waals surface area contributed by atoms with Crippen LogP contribution in [0.1, 0.15) is 40.6 Å². The quantitative estimate of drug-likeness (QED) is 0.604. The molecule has 1 fully saturated rings. The number of aromatic nitrogens is 2. The Balaban J connectivity index is 1.61. The number of nitrogens with zero attached hydrogens (tertiary/aromatic N) is 2. The van der Waals surface area contributed by atoms with Crippen molar-refractivity contribution in [2.24, 2.45) is 0 Å². The van der Waals surface area contributed by atoms with Gasteiger partial charge in [-0.3, -0.25) is 19.0 Å². The Kier molecular flexibility index (Phi) is 6.04. The molecule has 164 valence electrons. The number of allylic oxidation sites excluding steroid dienone is 1. The number of aryl methyl sites for hydroxylation is 1. The highest BCUT2D eigenvalue weighted by molar-refractivity contribution is 6.42.